The number of carbonyl (C=O) groups excluding carboxylic acids is 1. The molecule has 1 amide bonds. The number of carbonyl (C=O) groups is 1. The lowest BCUT2D eigenvalue weighted by molar-refractivity contribution is 0.0564. The molecule has 2 aromatic heterocycles. The van der Waals surface area contributed by atoms with E-state index in [1.54, 1.807) is 24.1 Å². The van der Waals surface area contributed by atoms with Gasteiger partial charge in [0.15, 0.2) is 0 Å². The van der Waals surface area contributed by atoms with Gasteiger partial charge in [0.1, 0.15) is 17.5 Å². The summed E-state index contributed by atoms with van der Waals surface area (Å²) in [5.74, 6) is 1.23. The van der Waals surface area contributed by atoms with Crippen molar-refractivity contribution < 1.29 is 9.21 Å². The molecule has 0 spiro atoms. The summed E-state index contributed by atoms with van der Waals surface area (Å²) in [5.41, 5.74) is 7.77. The lowest BCUT2D eigenvalue weighted by atomic mass is 10.0. The number of amides is 1. The number of nitrogens with two attached hydrogens (primary N) is 1. The smallest absolute Gasteiger partial charge is 0.273 e. The normalized spacial score (nSPS) is 16.8. The van der Waals surface area contributed by atoms with E-state index in [0.29, 0.717) is 35.3 Å². The molecule has 0 bridgehead atoms. The molecule has 1 aromatic carbocycles. The molecule has 0 saturated carbocycles. The number of oxazole rings is 1. The first-order valence-electron chi connectivity index (χ1n) is 9.61. The van der Waals surface area contributed by atoms with Crippen molar-refractivity contribution in [3.8, 4) is 0 Å². The molecular weight excluding hydrogens is 390 g/mol. The summed E-state index contributed by atoms with van der Waals surface area (Å²) < 4.78 is 6.03. The number of halogens is 1. The van der Waals surface area contributed by atoms with Gasteiger partial charge in [-0.05, 0) is 49.9 Å². The molecule has 0 unspecified atom stereocenters. The summed E-state index contributed by atoms with van der Waals surface area (Å²) in [6.07, 6.45) is 5.08. The quantitative estimate of drug-likeness (QED) is 0.697. The molecule has 0 aliphatic carbocycles. The van der Waals surface area contributed by atoms with Crippen LogP contribution in [0.15, 0.2) is 40.9 Å². The number of hydrogen-bond acceptors (Lipinski definition) is 6. The third kappa shape index (κ3) is 4.40. The highest BCUT2D eigenvalue weighted by atomic mass is 35.5. The fourth-order valence-electron chi connectivity index (χ4n) is 3.64. The summed E-state index contributed by atoms with van der Waals surface area (Å²) in [4.78, 5) is 27.5. The molecule has 3 heterocycles. The first-order chi connectivity index (χ1) is 14.0. The second-order valence-corrected chi connectivity index (χ2v) is 7.67. The van der Waals surface area contributed by atoms with Crippen LogP contribution in [0.25, 0.3) is 0 Å². The lowest BCUT2D eigenvalue weighted by Crippen LogP contribution is -2.39. The standard InChI is InChI=1S/C21H22ClN5O2/c1-13-10-17(26-21(23)25-13)20(28)27-9-3-2-4-18(27)19-24-12-16(29-19)11-14-5-7-15(22)8-6-14/h5-8,10,12,18H,2-4,9,11H2,1H3,(H2,23,25,26)/t18-/m1/s1. The number of piperidine rings is 1. The van der Waals surface area contributed by atoms with E-state index in [1.807, 2.05) is 24.3 Å². The Hall–Kier alpha value is -2.93. The second-order valence-electron chi connectivity index (χ2n) is 7.23. The van der Waals surface area contributed by atoms with Gasteiger partial charge in [0, 0.05) is 23.7 Å². The van der Waals surface area contributed by atoms with Gasteiger partial charge in [-0.2, -0.15) is 0 Å². The van der Waals surface area contributed by atoms with Crippen LogP contribution in [0.5, 0.6) is 0 Å². The van der Waals surface area contributed by atoms with E-state index in [0.717, 1.165) is 30.6 Å². The van der Waals surface area contributed by atoms with Crippen molar-refractivity contribution >= 4 is 23.5 Å². The van der Waals surface area contributed by atoms with Crippen LogP contribution in [0, 0.1) is 6.92 Å². The van der Waals surface area contributed by atoms with Crippen molar-refractivity contribution in [3.63, 3.8) is 0 Å². The van der Waals surface area contributed by atoms with E-state index in [1.165, 1.54) is 0 Å². The number of aromatic nitrogens is 3. The van der Waals surface area contributed by atoms with Crippen LogP contribution in [-0.2, 0) is 6.42 Å². The molecule has 0 radical (unpaired) electrons. The van der Waals surface area contributed by atoms with Gasteiger partial charge >= 0.3 is 0 Å². The molecule has 4 rings (SSSR count). The van der Waals surface area contributed by atoms with Crippen LogP contribution < -0.4 is 5.73 Å². The SMILES string of the molecule is Cc1cc(C(=O)N2CCCC[C@@H]2c2ncc(Cc3ccc(Cl)cc3)o2)nc(N)n1. The topological polar surface area (TPSA) is 98.1 Å². The van der Waals surface area contributed by atoms with Gasteiger partial charge in [0.05, 0.1) is 6.20 Å². The Morgan fingerprint density at radius 1 is 1.28 bits per heavy atom. The number of nitrogen functional groups attached to an aromatic ring is 1. The van der Waals surface area contributed by atoms with Crippen LogP contribution in [0.4, 0.5) is 5.95 Å². The zero-order valence-electron chi connectivity index (χ0n) is 16.1. The highest BCUT2D eigenvalue weighted by Crippen LogP contribution is 2.32. The average molecular weight is 412 g/mol. The molecule has 1 aliphatic rings. The van der Waals surface area contributed by atoms with Crippen LogP contribution >= 0.6 is 11.6 Å². The maximum atomic E-state index is 13.1. The molecule has 2 N–H and O–H groups in total. The molecule has 1 atom stereocenters. The molecule has 1 fully saturated rings. The predicted molar refractivity (Wildman–Crippen MR) is 110 cm³/mol. The minimum absolute atomic E-state index is 0.100. The summed E-state index contributed by atoms with van der Waals surface area (Å²) in [5, 5.41) is 0.698. The minimum Gasteiger partial charge on any atom is -0.443 e. The Bertz CT molecular complexity index is 998. The minimum atomic E-state index is -0.216. The van der Waals surface area contributed by atoms with Crippen molar-refractivity contribution in [2.45, 2.75) is 38.6 Å². The molecular formula is C21H22ClN5O2. The van der Waals surface area contributed by atoms with E-state index in [4.69, 9.17) is 21.8 Å². The zero-order chi connectivity index (χ0) is 20.4. The Morgan fingerprint density at radius 3 is 2.83 bits per heavy atom. The van der Waals surface area contributed by atoms with E-state index in [-0.39, 0.29) is 17.9 Å². The van der Waals surface area contributed by atoms with Gasteiger partial charge in [0.2, 0.25) is 11.8 Å². The van der Waals surface area contributed by atoms with E-state index in [2.05, 4.69) is 15.0 Å². The maximum absolute atomic E-state index is 13.1. The fourth-order valence-corrected chi connectivity index (χ4v) is 3.77. The van der Waals surface area contributed by atoms with Crippen molar-refractivity contribution in [2.75, 3.05) is 12.3 Å². The van der Waals surface area contributed by atoms with Crippen LogP contribution in [0.1, 0.15) is 58.7 Å². The van der Waals surface area contributed by atoms with Crippen molar-refractivity contribution in [1.82, 2.24) is 19.9 Å². The molecule has 150 valence electrons. The molecule has 8 heteroatoms. The van der Waals surface area contributed by atoms with Gasteiger partial charge in [0.25, 0.3) is 5.91 Å². The maximum Gasteiger partial charge on any atom is 0.273 e. The second kappa shape index (κ2) is 8.21. The fraction of sp³-hybridized carbons (Fsp3) is 0.333. The number of benzene rings is 1. The predicted octanol–water partition coefficient (Wildman–Crippen LogP) is 3.97. The lowest BCUT2D eigenvalue weighted by Gasteiger charge is -2.33. The summed E-state index contributed by atoms with van der Waals surface area (Å²) >= 11 is 5.95. The Balaban J connectivity index is 1.55. The molecule has 1 saturated heterocycles. The van der Waals surface area contributed by atoms with E-state index < -0.39 is 0 Å². The zero-order valence-corrected chi connectivity index (χ0v) is 16.9. The first-order valence-corrected chi connectivity index (χ1v) is 9.98. The van der Waals surface area contributed by atoms with E-state index in [9.17, 15) is 4.79 Å². The van der Waals surface area contributed by atoms with Crippen LogP contribution in [0.3, 0.4) is 0 Å². The monoisotopic (exact) mass is 411 g/mol. The van der Waals surface area contributed by atoms with Crippen molar-refractivity contribution in [3.05, 3.63) is 70.2 Å². The Kier molecular flexibility index (Phi) is 5.49. The summed E-state index contributed by atoms with van der Waals surface area (Å²) in [6.45, 7) is 2.42. The van der Waals surface area contributed by atoms with Crippen molar-refractivity contribution in [2.24, 2.45) is 0 Å². The van der Waals surface area contributed by atoms with Crippen LogP contribution in [0.2, 0.25) is 5.02 Å². The highest BCUT2D eigenvalue weighted by molar-refractivity contribution is 6.30. The van der Waals surface area contributed by atoms with Gasteiger partial charge in [-0.15, -0.1) is 0 Å². The van der Waals surface area contributed by atoms with Gasteiger partial charge in [-0.1, -0.05) is 23.7 Å². The third-order valence-electron chi connectivity index (χ3n) is 5.00. The van der Waals surface area contributed by atoms with Crippen LogP contribution in [-0.4, -0.2) is 32.3 Å². The Labute approximate surface area is 173 Å². The molecule has 3 aromatic rings. The van der Waals surface area contributed by atoms with Gasteiger partial charge in [-0.25, -0.2) is 15.0 Å². The Morgan fingerprint density at radius 2 is 2.07 bits per heavy atom. The molecule has 29 heavy (non-hydrogen) atoms. The summed E-state index contributed by atoms with van der Waals surface area (Å²) in [7, 11) is 0. The average Bonchev–Trinajstić information content (AvgIpc) is 3.17. The highest BCUT2D eigenvalue weighted by Gasteiger charge is 2.32. The molecule has 7 nitrogen and oxygen atoms in total. The van der Waals surface area contributed by atoms with E-state index >= 15 is 0 Å². The summed E-state index contributed by atoms with van der Waals surface area (Å²) in [6, 6.07) is 9.07. The van der Waals surface area contributed by atoms with Crippen molar-refractivity contribution in [1.29, 1.82) is 0 Å². The first kappa shape index (κ1) is 19.4. The number of nitrogens with zero attached hydrogens (tertiary/aromatic N) is 4. The largest absolute Gasteiger partial charge is 0.443 e. The number of aryl methyl sites for hydroxylation is 1. The molecule has 1 aliphatic heterocycles. The number of rotatable bonds is 4. The number of hydrogen-bond donors (Lipinski definition) is 1. The van der Waals surface area contributed by atoms with Gasteiger partial charge in [-0.3, -0.25) is 4.79 Å². The van der Waals surface area contributed by atoms with Gasteiger partial charge < -0.3 is 15.1 Å². The third-order valence-corrected chi connectivity index (χ3v) is 5.25. The number of anilines is 1. The number of likely N-dealkylation sites (tertiary alicyclic amines) is 1.